The first-order valence-corrected chi connectivity index (χ1v) is 8.08. The van der Waals surface area contributed by atoms with Crippen LogP contribution < -0.4 is 16.4 Å². The van der Waals surface area contributed by atoms with Crippen molar-refractivity contribution in [2.75, 3.05) is 16.4 Å². The average Bonchev–Trinajstić information content (AvgIpc) is 2.65. The molecule has 1 amide bonds. The van der Waals surface area contributed by atoms with E-state index in [9.17, 15) is 14.9 Å². The van der Waals surface area contributed by atoms with E-state index in [0.29, 0.717) is 17.1 Å². The van der Waals surface area contributed by atoms with Crippen LogP contribution in [-0.4, -0.2) is 15.8 Å². The second-order valence-corrected chi connectivity index (χ2v) is 5.88. The van der Waals surface area contributed by atoms with Gasteiger partial charge in [-0.25, -0.2) is 4.98 Å². The fraction of sp³-hybridized carbons (Fsp3) is 0.0526. The van der Waals surface area contributed by atoms with Crippen molar-refractivity contribution in [1.82, 2.24) is 4.98 Å². The Labute approximate surface area is 155 Å². The first kappa shape index (κ1) is 17.9. The number of nitrogens with zero attached hydrogens (tertiary/aromatic N) is 2. The molecule has 27 heavy (non-hydrogen) atoms. The molecular weight excluding hydrogens is 346 g/mol. The molecule has 0 radical (unpaired) electrons. The minimum atomic E-state index is -0.606. The van der Waals surface area contributed by atoms with Gasteiger partial charge in [0.15, 0.2) is 0 Å². The lowest BCUT2D eigenvalue weighted by Gasteiger charge is -2.10. The van der Waals surface area contributed by atoms with Crippen molar-refractivity contribution in [3.8, 4) is 0 Å². The van der Waals surface area contributed by atoms with Gasteiger partial charge in [-0.3, -0.25) is 14.9 Å². The Balaban J connectivity index is 1.76. The summed E-state index contributed by atoms with van der Waals surface area (Å²) in [7, 11) is 0. The van der Waals surface area contributed by atoms with E-state index in [1.807, 2.05) is 30.3 Å². The molecule has 0 fully saturated rings. The highest BCUT2D eigenvalue weighted by atomic mass is 16.6. The topological polar surface area (TPSA) is 123 Å². The lowest BCUT2D eigenvalue weighted by molar-refractivity contribution is -0.384. The maximum Gasteiger partial charge on any atom is 0.293 e. The van der Waals surface area contributed by atoms with Gasteiger partial charge in [0.05, 0.1) is 22.4 Å². The van der Waals surface area contributed by atoms with Crippen molar-refractivity contribution in [1.29, 1.82) is 0 Å². The number of benzene rings is 2. The van der Waals surface area contributed by atoms with Crippen LogP contribution in [0.15, 0.2) is 60.8 Å². The van der Waals surface area contributed by atoms with Crippen LogP contribution in [0.4, 0.5) is 28.6 Å². The number of nitrogens with one attached hydrogen (secondary N) is 2. The van der Waals surface area contributed by atoms with Gasteiger partial charge in [-0.05, 0) is 42.8 Å². The second kappa shape index (κ2) is 7.52. The number of aryl methyl sites for hydroxylation is 1. The van der Waals surface area contributed by atoms with Crippen molar-refractivity contribution in [2.45, 2.75) is 6.92 Å². The minimum absolute atomic E-state index is 0.0492. The molecule has 0 aliphatic carbocycles. The summed E-state index contributed by atoms with van der Waals surface area (Å²) in [6, 6.07) is 15.8. The molecule has 1 heterocycles. The highest BCUT2D eigenvalue weighted by Gasteiger charge is 2.20. The highest BCUT2D eigenvalue weighted by Crippen LogP contribution is 2.27. The number of carbonyl (C=O) groups excluding carboxylic acids is 1. The van der Waals surface area contributed by atoms with E-state index in [4.69, 9.17) is 5.73 Å². The number of hydrogen-bond acceptors (Lipinski definition) is 6. The van der Waals surface area contributed by atoms with E-state index in [1.54, 1.807) is 19.1 Å². The molecule has 0 saturated carbocycles. The number of carbonyl (C=O) groups is 1. The maximum atomic E-state index is 12.5. The third-order valence-corrected chi connectivity index (χ3v) is 3.81. The molecule has 0 aliphatic rings. The molecule has 0 atom stereocenters. The number of anilines is 4. The first-order valence-electron chi connectivity index (χ1n) is 8.08. The number of hydrogen-bond donors (Lipinski definition) is 3. The van der Waals surface area contributed by atoms with Crippen molar-refractivity contribution >= 4 is 34.5 Å². The zero-order valence-electron chi connectivity index (χ0n) is 14.5. The molecule has 0 saturated heterocycles. The van der Waals surface area contributed by atoms with Gasteiger partial charge in [-0.1, -0.05) is 18.2 Å². The Bertz CT molecular complexity index is 988. The van der Waals surface area contributed by atoms with Crippen LogP contribution in [0.3, 0.4) is 0 Å². The summed E-state index contributed by atoms with van der Waals surface area (Å²) in [5.41, 5.74) is 7.29. The van der Waals surface area contributed by atoms with Gasteiger partial charge in [0, 0.05) is 11.8 Å². The number of nitro benzene ring substituents is 1. The summed E-state index contributed by atoms with van der Waals surface area (Å²) in [6.45, 7) is 1.66. The largest absolute Gasteiger partial charge is 0.393 e. The molecule has 2 aromatic carbocycles. The molecule has 8 heteroatoms. The predicted molar refractivity (Wildman–Crippen MR) is 104 cm³/mol. The number of para-hydroxylation sites is 1. The molecule has 8 nitrogen and oxygen atoms in total. The molecule has 3 rings (SSSR count). The maximum absolute atomic E-state index is 12.5. The van der Waals surface area contributed by atoms with E-state index in [1.165, 1.54) is 18.3 Å². The monoisotopic (exact) mass is 363 g/mol. The third-order valence-electron chi connectivity index (χ3n) is 3.81. The predicted octanol–water partition coefficient (Wildman–Crippen LogP) is 3.88. The summed E-state index contributed by atoms with van der Waals surface area (Å²) < 4.78 is 0. The van der Waals surface area contributed by atoms with Crippen LogP contribution in [0.5, 0.6) is 0 Å². The van der Waals surface area contributed by atoms with Gasteiger partial charge in [0.2, 0.25) is 0 Å². The van der Waals surface area contributed by atoms with E-state index < -0.39 is 10.8 Å². The quantitative estimate of drug-likeness (QED) is 0.359. The molecule has 0 aliphatic heterocycles. The van der Waals surface area contributed by atoms with Crippen molar-refractivity contribution in [2.24, 2.45) is 0 Å². The molecule has 0 unspecified atom stereocenters. The summed E-state index contributed by atoms with van der Waals surface area (Å²) in [6.07, 6.45) is 1.49. The van der Waals surface area contributed by atoms with Gasteiger partial charge >= 0.3 is 0 Å². The number of amides is 1. The molecule has 136 valence electrons. The van der Waals surface area contributed by atoms with Crippen LogP contribution in [0, 0.1) is 17.0 Å². The summed E-state index contributed by atoms with van der Waals surface area (Å²) in [4.78, 5) is 27.2. The number of pyridine rings is 1. The fourth-order valence-corrected chi connectivity index (χ4v) is 2.53. The molecular formula is C19H17N5O3. The molecule has 0 spiro atoms. The van der Waals surface area contributed by atoms with Crippen LogP contribution in [0.2, 0.25) is 0 Å². The number of nitrogen functional groups attached to an aromatic ring is 1. The Morgan fingerprint density at radius 1 is 1.11 bits per heavy atom. The van der Waals surface area contributed by atoms with Gasteiger partial charge < -0.3 is 16.4 Å². The summed E-state index contributed by atoms with van der Waals surface area (Å²) in [5.74, 6) is 0.0785. The van der Waals surface area contributed by atoms with Crippen LogP contribution >= 0.6 is 0 Å². The minimum Gasteiger partial charge on any atom is -0.393 e. The highest BCUT2D eigenvalue weighted by molar-refractivity contribution is 6.09. The first-order chi connectivity index (χ1) is 12.9. The lowest BCUT2D eigenvalue weighted by Crippen LogP contribution is -2.15. The SMILES string of the molecule is Cc1cc(C(=O)Nc2ccc(Nc3ccccc3)nc2)c(N)c([N+](=O)[O-])c1. The summed E-state index contributed by atoms with van der Waals surface area (Å²) >= 11 is 0. The number of nitro groups is 1. The number of nitrogens with two attached hydrogens (primary N) is 1. The molecule has 1 aromatic heterocycles. The normalized spacial score (nSPS) is 10.3. The number of rotatable bonds is 5. The van der Waals surface area contributed by atoms with E-state index >= 15 is 0 Å². The van der Waals surface area contributed by atoms with E-state index in [2.05, 4.69) is 15.6 Å². The Kier molecular flexibility index (Phi) is 4.98. The van der Waals surface area contributed by atoms with Crippen LogP contribution in [0.25, 0.3) is 0 Å². The number of aromatic nitrogens is 1. The van der Waals surface area contributed by atoms with Gasteiger partial charge in [0.1, 0.15) is 11.5 Å². The summed E-state index contributed by atoms with van der Waals surface area (Å²) in [5, 5.41) is 16.9. The van der Waals surface area contributed by atoms with E-state index in [0.717, 1.165) is 5.69 Å². The Hall–Kier alpha value is -3.94. The fourth-order valence-electron chi connectivity index (χ4n) is 2.53. The Morgan fingerprint density at radius 3 is 2.48 bits per heavy atom. The van der Waals surface area contributed by atoms with Crippen molar-refractivity contribution < 1.29 is 9.72 Å². The average molecular weight is 363 g/mol. The van der Waals surface area contributed by atoms with Crippen molar-refractivity contribution in [3.63, 3.8) is 0 Å². The van der Waals surface area contributed by atoms with Gasteiger partial charge in [-0.15, -0.1) is 0 Å². The molecule has 3 aromatic rings. The standard InChI is InChI=1S/C19H17N5O3/c1-12-9-15(18(20)16(10-12)24(26)27)19(25)23-14-7-8-17(21-11-14)22-13-5-3-2-4-6-13/h2-11H,20H2,1H3,(H,21,22)(H,23,25). The third kappa shape index (κ3) is 4.18. The smallest absolute Gasteiger partial charge is 0.293 e. The van der Waals surface area contributed by atoms with Gasteiger partial charge in [0.25, 0.3) is 11.6 Å². The molecule has 0 bridgehead atoms. The zero-order valence-corrected chi connectivity index (χ0v) is 14.5. The van der Waals surface area contributed by atoms with Crippen LogP contribution in [0.1, 0.15) is 15.9 Å². The molecule has 4 N–H and O–H groups in total. The van der Waals surface area contributed by atoms with E-state index in [-0.39, 0.29) is 16.9 Å². The zero-order chi connectivity index (χ0) is 19.4. The van der Waals surface area contributed by atoms with Gasteiger partial charge in [-0.2, -0.15) is 0 Å². The Morgan fingerprint density at radius 2 is 1.85 bits per heavy atom. The lowest BCUT2D eigenvalue weighted by atomic mass is 10.1. The van der Waals surface area contributed by atoms with Crippen LogP contribution in [-0.2, 0) is 0 Å². The van der Waals surface area contributed by atoms with Crippen molar-refractivity contribution in [3.05, 3.63) is 82.0 Å². The second-order valence-electron chi connectivity index (χ2n) is 5.88.